The Hall–Kier alpha value is 1.45. The van der Waals surface area contributed by atoms with Crippen molar-refractivity contribution in [3.63, 3.8) is 0 Å². The second-order valence-corrected chi connectivity index (χ2v) is 5.83. The van der Waals surface area contributed by atoms with Crippen molar-refractivity contribution in [2.24, 2.45) is 0 Å². The van der Waals surface area contributed by atoms with Crippen LogP contribution in [0, 0.1) is 21.0 Å². The van der Waals surface area contributed by atoms with Gasteiger partial charge in [0.05, 0.1) is 5.02 Å². The van der Waals surface area contributed by atoms with Crippen LogP contribution in [0.4, 0.5) is 0 Å². The van der Waals surface area contributed by atoms with Crippen LogP contribution in [0.15, 0.2) is 4.47 Å². The first kappa shape index (κ1) is 11.5. The maximum absolute atomic E-state index is 6.12. The molecule has 0 aliphatic heterocycles. The second kappa shape index (κ2) is 4.31. The van der Waals surface area contributed by atoms with Gasteiger partial charge < -0.3 is 0 Å². The molecule has 0 N–H and O–H groups in total. The zero-order valence-corrected chi connectivity index (χ0v) is 13.2. The number of benzene rings is 1. The molecule has 0 atom stereocenters. The van der Waals surface area contributed by atoms with Gasteiger partial charge in [-0.15, -0.1) is 0 Å². The first-order valence-electron chi connectivity index (χ1n) is 3.26. The highest BCUT2D eigenvalue weighted by atomic mass is 127. The van der Waals surface area contributed by atoms with E-state index in [1.807, 2.05) is 0 Å². The summed E-state index contributed by atoms with van der Waals surface area (Å²) in [5.41, 5.74) is 2.44. The molecule has 12 heavy (non-hydrogen) atoms. The predicted octanol–water partition coefficient (Wildman–Crippen LogP) is 4.93. The van der Waals surface area contributed by atoms with Gasteiger partial charge in [-0.25, -0.2) is 0 Å². The summed E-state index contributed by atoms with van der Waals surface area (Å²) in [5, 5.41) is 0.870. The van der Waals surface area contributed by atoms with Gasteiger partial charge in [0.25, 0.3) is 0 Å². The molecule has 0 nitrogen and oxygen atoms in total. The van der Waals surface area contributed by atoms with Gasteiger partial charge in [0, 0.05) is 11.6 Å². The van der Waals surface area contributed by atoms with Crippen LogP contribution in [-0.2, 0) is 0 Å². The summed E-state index contributed by atoms with van der Waals surface area (Å²) in [7, 11) is 0. The first-order chi connectivity index (χ1) is 5.46. The van der Waals surface area contributed by atoms with E-state index in [9.17, 15) is 0 Å². The van der Waals surface area contributed by atoms with Gasteiger partial charge in [-0.1, -0.05) is 27.5 Å². The molecule has 0 aliphatic rings. The maximum atomic E-state index is 6.12. The van der Waals surface area contributed by atoms with Crippen molar-refractivity contribution in [2.45, 2.75) is 13.8 Å². The molecule has 0 aromatic heterocycles. The third kappa shape index (κ3) is 1.93. The predicted molar refractivity (Wildman–Crippen MR) is 74.1 cm³/mol. The summed E-state index contributed by atoms with van der Waals surface area (Å²) in [6.45, 7) is 4.14. The van der Waals surface area contributed by atoms with Crippen LogP contribution in [-0.4, -0.2) is 0 Å². The second-order valence-electron chi connectivity index (χ2n) is 2.51. The number of rotatable bonds is 0. The Morgan fingerprint density at radius 3 is 1.75 bits per heavy atom. The third-order valence-corrected chi connectivity index (χ3v) is 6.60. The number of halogens is 4. The number of hydrogen-bond donors (Lipinski definition) is 0. The molecule has 0 bridgehead atoms. The average molecular weight is 471 g/mol. The van der Waals surface area contributed by atoms with Gasteiger partial charge in [0.15, 0.2) is 0 Å². The molecule has 0 heterocycles. The topological polar surface area (TPSA) is 0 Å². The van der Waals surface area contributed by atoms with Crippen molar-refractivity contribution in [1.82, 2.24) is 0 Å². The van der Waals surface area contributed by atoms with Gasteiger partial charge in [-0.3, -0.25) is 0 Å². The Kier molecular flexibility index (Phi) is 4.14. The Bertz CT molecular complexity index is 231. The minimum Gasteiger partial charge on any atom is -0.0820 e. The fourth-order valence-electron chi connectivity index (χ4n) is 0.900. The van der Waals surface area contributed by atoms with Crippen LogP contribution in [0.25, 0.3) is 0 Å². The summed E-state index contributed by atoms with van der Waals surface area (Å²) in [6.07, 6.45) is 0. The Balaban J connectivity index is 3.60. The number of hydrogen-bond acceptors (Lipinski definition) is 0. The van der Waals surface area contributed by atoms with E-state index in [1.165, 1.54) is 15.6 Å². The largest absolute Gasteiger partial charge is 0.0820 e. The van der Waals surface area contributed by atoms with Crippen LogP contribution in [0.1, 0.15) is 11.1 Å². The highest BCUT2D eigenvalue weighted by molar-refractivity contribution is 14.1. The summed E-state index contributed by atoms with van der Waals surface area (Å²) < 4.78 is 3.44. The summed E-state index contributed by atoms with van der Waals surface area (Å²) in [4.78, 5) is 0. The third-order valence-electron chi connectivity index (χ3n) is 1.70. The summed E-state index contributed by atoms with van der Waals surface area (Å²) in [6, 6.07) is 0. The van der Waals surface area contributed by atoms with E-state index in [2.05, 4.69) is 75.0 Å². The SMILES string of the molecule is Cc1c(Br)c(C)c(I)c(Cl)c1I. The molecule has 0 fully saturated rings. The van der Waals surface area contributed by atoms with Crippen molar-refractivity contribution in [3.8, 4) is 0 Å². The van der Waals surface area contributed by atoms with E-state index < -0.39 is 0 Å². The molecular weight excluding hydrogens is 465 g/mol. The van der Waals surface area contributed by atoms with Crippen LogP contribution in [0.5, 0.6) is 0 Å². The molecule has 1 aromatic carbocycles. The molecule has 0 spiro atoms. The highest BCUT2D eigenvalue weighted by Crippen LogP contribution is 2.35. The zero-order valence-electron chi connectivity index (χ0n) is 6.51. The Labute approximate surface area is 113 Å². The molecule has 0 unspecified atom stereocenters. The standard InChI is InChI=1S/C8H6BrClI2/c1-3-5(9)4(2)8(12)6(10)7(3)11/h1-2H3. The first-order valence-corrected chi connectivity index (χ1v) is 6.58. The highest BCUT2D eigenvalue weighted by Gasteiger charge is 2.12. The lowest BCUT2D eigenvalue weighted by Crippen LogP contribution is -1.92. The van der Waals surface area contributed by atoms with Crippen molar-refractivity contribution in [3.05, 3.63) is 27.8 Å². The van der Waals surface area contributed by atoms with E-state index in [1.54, 1.807) is 0 Å². The average Bonchev–Trinajstić information content (AvgIpc) is 2.08. The van der Waals surface area contributed by atoms with Gasteiger partial charge in [0.2, 0.25) is 0 Å². The van der Waals surface area contributed by atoms with Gasteiger partial charge in [-0.05, 0) is 70.2 Å². The molecule has 1 rings (SSSR count). The monoisotopic (exact) mass is 470 g/mol. The van der Waals surface area contributed by atoms with Crippen LogP contribution in [0.2, 0.25) is 5.02 Å². The fraction of sp³-hybridized carbons (Fsp3) is 0.250. The van der Waals surface area contributed by atoms with E-state index >= 15 is 0 Å². The lowest BCUT2D eigenvalue weighted by atomic mass is 10.2. The zero-order chi connectivity index (χ0) is 9.46. The lowest BCUT2D eigenvalue weighted by molar-refractivity contribution is 1.29. The van der Waals surface area contributed by atoms with Crippen LogP contribution < -0.4 is 0 Å². The maximum Gasteiger partial charge on any atom is 0.0679 e. The van der Waals surface area contributed by atoms with Crippen molar-refractivity contribution in [1.29, 1.82) is 0 Å². The van der Waals surface area contributed by atoms with Crippen molar-refractivity contribution >= 4 is 72.7 Å². The summed E-state index contributed by atoms with van der Waals surface area (Å²) in [5.74, 6) is 0. The molecule has 0 radical (unpaired) electrons. The van der Waals surface area contributed by atoms with Crippen molar-refractivity contribution in [2.75, 3.05) is 0 Å². The molecular formula is C8H6BrClI2. The van der Waals surface area contributed by atoms with Gasteiger partial charge in [0.1, 0.15) is 0 Å². The quantitative estimate of drug-likeness (QED) is 0.286. The van der Waals surface area contributed by atoms with E-state index in [-0.39, 0.29) is 0 Å². The smallest absolute Gasteiger partial charge is 0.0679 e. The molecule has 66 valence electrons. The molecule has 1 aromatic rings. The van der Waals surface area contributed by atoms with Crippen LogP contribution >= 0.6 is 72.7 Å². The van der Waals surface area contributed by atoms with E-state index in [4.69, 9.17) is 11.6 Å². The molecule has 0 aliphatic carbocycles. The Morgan fingerprint density at radius 2 is 1.42 bits per heavy atom. The van der Waals surface area contributed by atoms with E-state index in [0.29, 0.717) is 0 Å². The molecule has 0 saturated heterocycles. The molecule has 0 amide bonds. The summed E-state index contributed by atoms with van der Waals surface area (Å²) >= 11 is 14.2. The minimum absolute atomic E-state index is 0.870. The minimum atomic E-state index is 0.870. The van der Waals surface area contributed by atoms with E-state index in [0.717, 1.165) is 12.2 Å². The fourth-order valence-corrected chi connectivity index (χ4v) is 3.92. The van der Waals surface area contributed by atoms with Crippen molar-refractivity contribution < 1.29 is 0 Å². The Morgan fingerprint density at radius 1 is 1.08 bits per heavy atom. The van der Waals surface area contributed by atoms with Gasteiger partial charge in [-0.2, -0.15) is 0 Å². The molecule has 4 heteroatoms. The lowest BCUT2D eigenvalue weighted by Gasteiger charge is -2.10. The van der Waals surface area contributed by atoms with Crippen LogP contribution in [0.3, 0.4) is 0 Å². The van der Waals surface area contributed by atoms with Gasteiger partial charge >= 0.3 is 0 Å². The molecule has 0 saturated carbocycles. The normalized spacial score (nSPS) is 10.5.